The van der Waals surface area contributed by atoms with E-state index >= 15 is 0 Å². The number of esters is 1. The van der Waals surface area contributed by atoms with Crippen LogP contribution in [0, 0.1) is 5.92 Å². The Morgan fingerprint density at radius 3 is 2.89 bits per heavy atom. The van der Waals surface area contributed by atoms with Gasteiger partial charge < -0.3 is 4.74 Å². The van der Waals surface area contributed by atoms with E-state index in [4.69, 9.17) is 4.74 Å². The summed E-state index contributed by atoms with van der Waals surface area (Å²) in [6, 6.07) is 0. The lowest BCUT2D eigenvalue weighted by Crippen LogP contribution is -2.24. The molecule has 1 fully saturated rings. The van der Waals surface area contributed by atoms with Gasteiger partial charge in [-0.2, -0.15) is 5.10 Å². The van der Waals surface area contributed by atoms with Crippen LogP contribution in [0.1, 0.15) is 24.7 Å². The van der Waals surface area contributed by atoms with Crippen molar-refractivity contribution in [2.75, 3.05) is 20.2 Å². The van der Waals surface area contributed by atoms with Crippen molar-refractivity contribution in [2.45, 2.75) is 26.3 Å². The topological polar surface area (TPSA) is 47.4 Å². The van der Waals surface area contributed by atoms with Gasteiger partial charge in [-0.15, -0.1) is 0 Å². The fourth-order valence-electron chi connectivity index (χ4n) is 2.54. The molecule has 1 saturated heterocycles. The van der Waals surface area contributed by atoms with Gasteiger partial charge in [-0.1, -0.05) is 6.92 Å². The van der Waals surface area contributed by atoms with Crippen LogP contribution in [0.25, 0.3) is 0 Å². The number of halogens is 1. The van der Waals surface area contributed by atoms with Crippen LogP contribution in [0.15, 0.2) is 4.47 Å². The Hall–Kier alpha value is -0.880. The third kappa shape index (κ3) is 3.00. The number of aromatic nitrogens is 2. The summed E-state index contributed by atoms with van der Waals surface area (Å²) < 4.78 is 7.83. The van der Waals surface area contributed by atoms with Crippen molar-refractivity contribution in [1.29, 1.82) is 0 Å². The van der Waals surface area contributed by atoms with E-state index in [1.165, 1.54) is 12.8 Å². The van der Waals surface area contributed by atoms with E-state index in [1.54, 1.807) is 0 Å². The Labute approximate surface area is 122 Å². The molecular weight excluding hydrogens is 310 g/mol. The number of carbonyl (C=O) groups excluding carboxylic acids is 1. The summed E-state index contributed by atoms with van der Waals surface area (Å²) >= 11 is 3.63. The minimum Gasteiger partial charge on any atom is -0.469 e. The summed E-state index contributed by atoms with van der Waals surface area (Å²) in [5.74, 6) is -0.0801. The lowest BCUT2D eigenvalue weighted by atomic mass is 10.1. The predicted molar refractivity (Wildman–Crippen MR) is 75.7 cm³/mol. The highest BCUT2D eigenvalue weighted by Gasteiger charge is 2.30. The number of carbonyl (C=O) groups is 1. The fraction of sp³-hybridized carbons (Fsp3) is 0.692. The van der Waals surface area contributed by atoms with Crippen molar-refractivity contribution in [2.24, 2.45) is 13.0 Å². The second-order valence-electron chi connectivity index (χ2n) is 4.93. The lowest BCUT2D eigenvalue weighted by molar-refractivity contribution is -0.144. The molecule has 0 spiro atoms. The molecule has 106 valence electrons. The quantitative estimate of drug-likeness (QED) is 0.789. The zero-order valence-corrected chi connectivity index (χ0v) is 13.2. The largest absolute Gasteiger partial charge is 0.469 e. The predicted octanol–water partition coefficient (Wildman–Crippen LogP) is 1.74. The zero-order chi connectivity index (χ0) is 14.0. The Kier molecular flexibility index (Phi) is 4.62. The molecule has 19 heavy (non-hydrogen) atoms. The Balaban J connectivity index is 2.03. The average molecular weight is 330 g/mol. The van der Waals surface area contributed by atoms with Crippen molar-refractivity contribution in [1.82, 2.24) is 14.7 Å². The van der Waals surface area contributed by atoms with Crippen LogP contribution in [0.3, 0.4) is 0 Å². The number of rotatable bonds is 4. The summed E-state index contributed by atoms with van der Waals surface area (Å²) in [5, 5.41) is 4.49. The maximum atomic E-state index is 11.5. The molecule has 5 nitrogen and oxygen atoms in total. The van der Waals surface area contributed by atoms with Crippen LogP contribution in [0.2, 0.25) is 0 Å². The summed E-state index contributed by atoms with van der Waals surface area (Å²) in [7, 11) is 3.42. The molecule has 0 bridgehead atoms. The van der Waals surface area contributed by atoms with Crippen molar-refractivity contribution < 1.29 is 9.53 Å². The van der Waals surface area contributed by atoms with Gasteiger partial charge in [0.15, 0.2) is 0 Å². The van der Waals surface area contributed by atoms with Gasteiger partial charge in [0.1, 0.15) is 0 Å². The molecule has 1 aromatic rings. The second-order valence-corrected chi connectivity index (χ2v) is 5.72. The van der Waals surface area contributed by atoms with Crippen molar-refractivity contribution in [3.8, 4) is 0 Å². The van der Waals surface area contributed by atoms with Crippen LogP contribution < -0.4 is 0 Å². The van der Waals surface area contributed by atoms with Crippen LogP contribution in [-0.4, -0.2) is 40.8 Å². The standard InChI is InChI=1S/C13H20BrN3O2/c1-4-10-12(14)11(16(2)15-10)8-17-6-5-9(7-17)13(18)19-3/h9H,4-8H2,1-3H3. The highest BCUT2D eigenvalue weighted by Crippen LogP contribution is 2.25. The van der Waals surface area contributed by atoms with Gasteiger partial charge in [-0.05, 0) is 35.3 Å². The molecule has 0 N–H and O–H groups in total. The van der Waals surface area contributed by atoms with Gasteiger partial charge in [0, 0.05) is 20.1 Å². The van der Waals surface area contributed by atoms with Gasteiger partial charge in [0.05, 0.1) is 28.9 Å². The van der Waals surface area contributed by atoms with Gasteiger partial charge in [-0.25, -0.2) is 0 Å². The molecule has 0 aromatic carbocycles. The van der Waals surface area contributed by atoms with Crippen LogP contribution in [0.4, 0.5) is 0 Å². The number of methoxy groups -OCH3 is 1. The second kappa shape index (κ2) is 6.05. The van der Waals surface area contributed by atoms with Gasteiger partial charge in [0.2, 0.25) is 0 Å². The van der Waals surface area contributed by atoms with E-state index in [1.807, 2.05) is 11.7 Å². The molecule has 2 heterocycles. The SMILES string of the molecule is CCc1nn(C)c(CN2CCC(C(=O)OC)C2)c1Br. The number of aryl methyl sites for hydroxylation is 2. The highest BCUT2D eigenvalue weighted by atomic mass is 79.9. The maximum absolute atomic E-state index is 11.5. The number of hydrogen-bond donors (Lipinski definition) is 0. The molecule has 0 aliphatic carbocycles. The fourth-order valence-corrected chi connectivity index (χ4v) is 3.28. The highest BCUT2D eigenvalue weighted by molar-refractivity contribution is 9.10. The summed E-state index contributed by atoms with van der Waals surface area (Å²) in [4.78, 5) is 13.8. The first-order valence-corrected chi connectivity index (χ1v) is 7.36. The van der Waals surface area contributed by atoms with Crippen molar-refractivity contribution >= 4 is 21.9 Å². The molecule has 6 heteroatoms. The van der Waals surface area contributed by atoms with E-state index in [0.29, 0.717) is 0 Å². The normalized spacial score (nSPS) is 19.9. The average Bonchev–Trinajstić information content (AvgIpc) is 2.98. The third-order valence-electron chi connectivity index (χ3n) is 3.68. The molecule has 0 saturated carbocycles. The minimum absolute atomic E-state index is 0.0163. The van der Waals surface area contributed by atoms with Gasteiger partial charge in [0.25, 0.3) is 0 Å². The number of ether oxygens (including phenoxy) is 1. The van der Waals surface area contributed by atoms with E-state index in [9.17, 15) is 4.79 Å². The number of likely N-dealkylation sites (tertiary alicyclic amines) is 1. The molecule has 1 atom stereocenters. The first-order valence-electron chi connectivity index (χ1n) is 6.57. The Morgan fingerprint density at radius 1 is 1.58 bits per heavy atom. The molecule has 0 amide bonds. The molecule has 1 aromatic heterocycles. The molecule has 1 aliphatic heterocycles. The van der Waals surface area contributed by atoms with E-state index < -0.39 is 0 Å². The van der Waals surface area contributed by atoms with Crippen molar-refractivity contribution in [3.05, 3.63) is 15.9 Å². The summed E-state index contributed by atoms with van der Waals surface area (Å²) in [6.45, 7) is 4.61. The first kappa shape index (κ1) is 14.5. The minimum atomic E-state index is -0.0965. The van der Waals surface area contributed by atoms with E-state index in [2.05, 4.69) is 32.9 Å². The zero-order valence-electron chi connectivity index (χ0n) is 11.6. The third-order valence-corrected chi connectivity index (χ3v) is 4.60. The molecular formula is C13H20BrN3O2. The van der Waals surface area contributed by atoms with E-state index in [0.717, 1.165) is 42.6 Å². The molecule has 2 rings (SSSR count). The van der Waals surface area contributed by atoms with Gasteiger partial charge >= 0.3 is 5.97 Å². The van der Waals surface area contributed by atoms with Crippen LogP contribution in [0.5, 0.6) is 0 Å². The Bertz CT molecular complexity index is 473. The molecule has 1 unspecified atom stereocenters. The molecule has 1 aliphatic rings. The van der Waals surface area contributed by atoms with Gasteiger partial charge in [-0.3, -0.25) is 14.4 Å². The van der Waals surface area contributed by atoms with Crippen molar-refractivity contribution in [3.63, 3.8) is 0 Å². The van der Waals surface area contributed by atoms with Crippen LogP contribution >= 0.6 is 15.9 Å². The van der Waals surface area contributed by atoms with Crippen LogP contribution in [-0.2, 0) is 29.5 Å². The monoisotopic (exact) mass is 329 g/mol. The Morgan fingerprint density at radius 2 is 2.32 bits per heavy atom. The maximum Gasteiger partial charge on any atom is 0.310 e. The lowest BCUT2D eigenvalue weighted by Gasteiger charge is -2.15. The first-order chi connectivity index (χ1) is 9.06. The summed E-state index contributed by atoms with van der Waals surface area (Å²) in [6.07, 6.45) is 1.79. The number of nitrogens with zero attached hydrogens (tertiary/aromatic N) is 3. The van der Waals surface area contributed by atoms with E-state index in [-0.39, 0.29) is 11.9 Å². The molecule has 0 radical (unpaired) electrons. The number of hydrogen-bond acceptors (Lipinski definition) is 4. The smallest absolute Gasteiger partial charge is 0.310 e. The summed E-state index contributed by atoms with van der Waals surface area (Å²) in [5.41, 5.74) is 2.25.